The van der Waals surface area contributed by atoms with Gasteiger partial charge < -0.3 is 15.5 Å². The summed E-state index contributed by atoms with van der Waals surface area (Å²) in [6.45, 7) is 6.33. The number of carbonyl (C=O) groups excluding carboxylic acids is 2. The third kappa shape index (κ3) is 6.95. The summed E-state index contributed by atoms with van der Waals surface area (Å²) in [6.07, 6.45) is 1.97. The number of quaternary nitrogens is 1. The minimum Gasteiger partial charge on any atom is -0.347 e. The molecule has 0 heterocycles. The Kier molecular flexibility index (Phi) is 6.90. The number of rotatable bonds is 6. The molecule has 0 fully saturated rings. The van der Waals surface area contributed by atoms with E-state index < -0.39 is 0 Å². The molecule has 0 bridgehead atoms. The predicted octanol–water partition coefficient (Wildman–Crippen LogP) is 0.776. The van der Waals surface area contributed by atoms with Crippen molar-refractivity contribution in [3.63, 3.8) is 0 Å². The number of amides is 2. The lowest BCUT2D eigenvalue weighted by Gasteiger charge is -2.21. The number of benzene rings is 1. The van der Waals surface area contributed by atoms with Crippen LogP contribution in [-0.4, -0.2) is 43.7 Å². The van der Waals surface area contributed by atoms with E-state index in [0.29, 0.717) is 0 Å². The van der Waals surface area contributed by atoms with Gasteiger partial charge in [0.05, 0.1) is 12.7 Å². The molecule has 5 nitrogen and oxygen atoms in total. The van der Waals surface area contributed by atoms with Crippen molar-refractivity contribution in [3.8, 4) is 0 Å². The quantitative estimate of drug-likeness (QED) is 0.678. The Morgan fingerprint density at radius 2 is 1.73 bits per heavy atom. The molecule has 0 radical (unpaired) electrons. The van der Waals surface area contributed by atoms with Crippen LogP contribution in [0.15, 0.2) is 29.2 Å². The van der Waals surface area contributed by atoms with Crippen molar-refractivity contribution in [2.45, 2.75) is 31.2 Å². The lowest BCUT2D eigenvalue weighted by molar-refractivity contribution is -0.862. The fourth-order valence-corrected chi connectivity index (χ4v) is 2.57. The van der Waals surface area contributed by atoms with E-state index in [0.717, 1.165) is 15.5 Å². The zero-order valence-electron chi connectivity index (χ0n) is 13.9. The molecule has 0 aromatic heterocycles. The van der Waals surface area contributed by atoms with Gasteiger partial charge in [-0.3, -0.25) is 9.59 Å². The number of hydrogen-bond donors (Lipinski definition) is 3. The van der Waals surface area contributed by atoms with E-state index in [4.69, 9.17) is 0 Å². The molecule has 22 heavy (non-hydrogen) atoms. The van der Waals surface area contributed by atoms with Gasteiger partial charge in [-0.1, -0.05) is 12.1 Å². The third-order valence-electron chi connectivity index (χ3n) is 2.82. The largest absolute Gasteiger partial charge is 0.347 e. The summed E-state index contributed by atoms with van der Waals surface area (Å²) in [5, 5.41) is 5.80. The first kappa shape index (κ1) is 18.5. The zero-order valence-corrected chi connectivity index (χ0v) is 14.8. The molecule has 1 atom stereocenters. The number of nitrogens with one attached hydrogen (secondary N) is 3. The topological polar surface area (TPSA) is 62.6 Å². The van der Waals surface area contributed by atoms with Crippen molar-refractivity contribution in [3.05, 3.63) is 24.3 Å². The molecule has 0 saturated carbocycles. The molecule has 0 saturated heterocycles. The second kappa shape index (κ2) is 8.19. The van der Waals surface area contributed by atoms with Crippen LogP contribution in [0.25, 0.3) is 0 Å². The number of para-hydroxylation sites is 1. The van der Waals surface area contributed by atoms with Crippen LogP contribution in [0.4, 0.5) is 5.69 Å². The highest BCUT2D eigenvalue weighted by Crippen LogP contribution is 2.24. The van der Waals surface area contributed by atoms with Gasteiger partial charge in [-0.2, -0.15) is 0 Å². The summed E-state index contributed by atoms with van der Waals surface area (Å²) < 4.78 is 0. The lowest BCUT2D eigenvalue weighted by atomic mass is 10.1. The van der Waals surface area contributed by atoms with E-state index in [-0.39, 0.29) is 30.4 Å². The van der Waals surface area contributed by atoms with Gasteiger partial charge in [0.15, 0.2) is 13.1 Å². The lowest BCUT2D eigenvalue weighted by Crippen LogP contribution is -3.11. The number of anilines is 1. The van der Waals surface area contributed by atoms with Crippen molar-refractivity contribution >= 4 is 29.3 Å². The van der Waals surface area contributed by atoms with Crippen molar-refractivity contribution in [2.75, 3.05) is 31.7 Å². The number of carbonyl (C=O) groups is 2. The summed E-state index contributed by atoms with van der Waals surface area (Å²) in [5.41, 5.74) is 0.559. The molecule has 1 rings (SSSR count). The Labute approximate surface area is 136 Å². The van der Waals surface area contributed by atoms with E-state index in [9.17, 15) is 9.59 Å². The Bertz CT molecular complexity index is 526. The summed E-state index contributed by atoms with van der Waals surface area (Å²) in [4.78, 5) is 25.8. The highest BCUT2D eigenvalue weighted by molar-refractivity contribution is 7.98. The number of hydrogen-bond acceptors (Lipinski definition) is 3. The SMILES string of the molecule is CSc1ccccc1NC(=O)C[NH+](C)CC(=O)NC(C)(C)C. The normalized spacial score (nSPS) is 12.6. The highest BCUT2D eigenvalue weighted by atomic mass is 32.2. The molecular formula is C16H26N3O2S+. The van der Waals surface area contributed by atoms with Crippen molar-refractivity contribution in [1.29, 1.82) is 0 Å². The maximum absolute atomic E-state index is 12.1. The monoisotopic (exact) mass is 324 g/mol. The Morgan fingerprint density at radius 1 is 1.14 bits per heavy atom. The molecule has 0 aliphatic heterocycles. The van der Waals surface area contributed by atoms with Crippen LogP contribution >= 0.6 is 11.8 Å². The first-order valence-corrected chi connectivity index (χ1v) is 8.49. The van der Waals surface area contributed by atoms with Crippen molar-refractivity contribution in [1.82, 2.24) is 5.32 Å². The summed E-state index contributed by atoms with van der Waals surface area (Å²) in [5.74, 6) is -0.148. The second-order valence-electron chi connectivity index (χ2n) is 6.36. The molecule has 0 aliphatic carbocycles. The molecular weight excluding hydrogens is 298 g/mol. The predicted molar refractivity (Wildman–Crippen MR) is 91.4 cm³/mol. The zero-order chi connectivity index (χ0) is 16.8. The summed E-state index contributed by atoms with van der Waals surface area (Å²) in [7, 11) is 1.84. The van der Waals surface area contributed by atoms with Crippen LogP contribution in [0.1, 0.15) is 20.8 Å². The highest BCUT2D eigenvalue weighted by Gasteiger charge is 2.19. The van der Waals surface area contributed by atoms with Crippen LogP contribution in [-0.2, 0) is 9.59 Å². The molecule has 1 aromatic carbocycles. The number of likely N-dealkylation sites (N-methyl/N-ethyl adjacent to an activating group) is 1. The van der Waals surface area contributed by atoms with E-state index in [1.165, 1.54) is 0 Å². The minimum atomic E-state index is -0.253. The van der Waals surface area contributed by atoms with Crippen LogP contribution in [0.5, 0.6) is 0 Å². The Morgan fingerprint density at radius 3 is 2.32 bits per heavy atom. The summed E-state index contributed by atoms with van der Waals surface area (Å²) in [6, 6.07) is 7.68. The fourth-order valence-electron chi connectivity index (χ4n) is 2.02. The van der Waals surface area contributed by atoms with Crippen LogP contribution < -0.4 is 15.5 Å². The van der Waals surface area contributed by atoms with E-state index >= 15 is 0 Å². The average molecular weight is 324 g/mol. The van der Waals surface area contributed by atoms with Crippen molar-refractivity contribution < 1.29 is 14.5 Å². The first-order valence-electron chi connectivity index (χ1n) is 7.26. The van der Waals surface area contributed by atoms with Gasteiger partial charge in [0, 0.05) is 10.4 Å². The average Bonchev–Trinajstić information content (AvgIpc) is 2.36. The van der Waals surface area contributed by atoms with Crippen molar-refractivity contribution in [2.24, 2.45) is 0 Å². The molecule has 122 valence electrons. The van der Waals surface area contributed by atoms with Crippen LogP contribution in [0.3, 0.4) is 0 Å². The van der Waals surface area contributed by atoms with Gasteiger partial charge in [-0.15, -0.1) is 11.8 Å². The first-order chi connectivity index (χ1) is 10.2. The van der Waals surface area contributed by atoms with Gasteiger partial charge >= 0.3 is 0 Å². The molecule has 2 amide bonds. The molecule has 1 unspecified atom stereocenters. The molecule has 0 aliphatic rings. The smallest absolute Gasteiger partial charge is 0.279 e. The fraction of sp³-hybridized carbons (Fsp3) is 0.500. The van der Waals surface area contributed by atoms with Gasteiger partial charge in [0.25, 0.3) is 11.8 Å². The maximum Gasteiger partial charge on any atom is 0.279 e. The standard InChI is InChI=1S/C16H25N3O2S/c1-16(2,3)18-15(21)11-19(4)10-14(20)17-12-8-6-7-9-13(12)22-5/h6-9H,10-11H2,1-5H3,(H,17,20)(H,18,21)/p+1. The maximum atomic E-state index is 12.1. The molecule has 1 aromatic rings. The molecule has 6 heteroatoms. The second-order valence-corrected chi connectivity index (χ2v) is 7.21. The van der Waals surface area contributed by atoms with Gasteiger partial charge in [-0.05, 0) is 39.2 Å². The Balaban J connectivity index is 2.49. The van der Waals surface area contributed by atoms with Crippen LogP contribution in [0.2, 0.25) is 0 Å². The van der Waals surface area contributed by atoms with Crippen LogP contribution in [0, 0.1) is 0 Å². The van der Waals surface area contributed by atoms with Gasteiger partial charge in [0.2, 0.25) is 0 Å². The minimum absolute atomic E-state index is 0.0534. The Hall–Kier alpha value is -1.53. The van der Waals surface area contributed by atoms with Gasteiger partial charge in [-0.25, -0.2) is 0 Å². The number of thioether (sulfide) groups is 1. The van der Waals surface area contributed by atoms with Gasteiger partial charge in [0.1, 0.15) is 0 Å². The summed E-state index contributed by atoms with van der Waals surface area (Å²) >= 11 is 1.59. The molecule has 0 spiro atoms. The van der Waals surface area contributed by atoms with E-state index in [2.05, 4.69) is 10.6 Å². The van der Waals surface area contributed by atoms with E-state index in [1.807, 2.05) is 58.3 Å². The molecule has 3 N–H and O–H groups in total. The third-order valence-corrected chi connectivity index (χ3v) is 3.62. The van der Waals surface area contributed by atoms with E-state index in [1.54, 1.807) is 11.8 Å².